The molecule has 7 heteroatoms. The van der Waals surface area contributed by atoms with Crippen LogP contribution in [0.15, 0.2) is 12.4 Å². The van der Waals surface area contributed by atoms with Crippen LogP contribution in [0.4, 0.5) is 5.82 Å². The Bertz CT molecular complexity index is 549. The van der Waals surface area contributed by atoms with Crippen LogP contribution in [0.3, 0.4) is 0 Å². The lowest BCUT2D eigenvalue weighted by molar-refractivity contribution is 0.0787. The second-order valence-electron chi connectivity index (χ2n) is 4.27. The van der Waals surface area contributed by atoms with Crippen LogP contribution >= 0.6 is 11.6 Å². The summed E-state index contributed by atoms with van der Waals surface area (Å²) in [6, 6.07) is 0. The normalized spacial score (nSPS) is 11.2. The van der Waals surface area contributed by atoms with Crippen molar-refractivity contribution in [3.8, 4) is 0 Å². The highest BCUT2D eigenvalue weighted by molar-refractivity contribution is 6.28. The Morgan fingerprint density at radius 1 is 1.26 bits per heavy atom. The maximum atomic E-state index is 5.85. The zero-order valence-corrected chi connectivity index (χ0v) is 11.7. The molecule has 0 aliphatic heterocycles. The average molecular weight is 282 g/mol. The Morgan fingerprint density at radius 2 is 2.05 bits per heavy atom. The lowest BCUT2D eigenvalue weighted by Gasteiger charge is -2.09. The topological polar surface area (TPSA) is 72.8 Å². The minimum Gasteiger partial charge on any atom is -0.379 e. The van der Waals surface area contributed by atoms with Gasteiger partial charge in [-0.25, -0.2) is 9.97 Å². The van der Waals surface area contributed by atoms with Crippen molar-refractivity contribution in [2.24, 2.45) is 0 Å². The van der Waals surface area contributed by atoms with Crippen LogP contribution in [-0.4, -0.2) is 39.2 Å². The smallest absolute Gasteiger partial charge is 0.226 e. The van der Waals surface area contributed by atoms with Crippen molar-refractivity contribution in [3.05, 3.63) is 17.7 Å². The van der Waals surface area contributed by atoms with Gasteiger partial charge >= 0.3 is 0 Å². The first-order chi connectivity index (χ1) is 9.16. The first-order valence-corrected chi connectivity index (χ1v) is 6.54. The molecule has 0 aliphatic carbocycles. The molecule has 0 aromatic carbocycles. The van der Waals surface area contributed by atoms with Crippen molar-refractivity contribution in [2.45, 2.75) is 26.4 Å². The van der Waals surface area contributed by atoms with E-state index < -0.39 is 0 Å². The third-order valence-electron chi connectivity index (χ3n) is 2.37. The molecule has 0 fully saturated rings. The van der Waals surface area contributed by atoms with Crippen molar-refractivity contribution in [3.63, 3.8) is 0 Å². The average Bonchev–Trinajstić information content (AvgIpc) is 2.37. The molecule has 2 rings (SSSR count). The number of aromatic nitrogens is 4. The van der Waals surface area contributed by atoms with Gasteiger partial charge in [-0.1, -0.05) is 0 Å². The number of hydrogen-bond donors (Lipinski definition) is 1. The number of hydrogen-bond acceptors (Lipinski definition) is 6. The van der Waals surface area contributed by atoms with Crippen LogP contribution < -0.4 is 5.32 Å². The quantitative estimate of drug-likeness (QED) is 0.647. The Labute approximate surface area is 116 Å². The zero-order valence-electron chi connectivity index (χ0n) is 10.9. The number of fused-ring (bicyclic) bond motifs is 1. The molecule has 0 saturated heterocycles. The van der Waals surface area contributed by atoms with E-state index in [-0.39, 0.29) is 11.4 Å². The molecule has 0 aliphatic rings. The van der Waals surface area contributed by atoms with Crippen LogP contribution in [0.25, 0.3) is 11.2 Å². The first kappa shape index (κ1) is 13.9. The van der Waals surface area contributed by atoms with Crippen LogP contribution in [-0.2, 0) is 4.74 Å². The highest BCUT2D eigenvalue weighted by atomic mass is 35.5. The Hall–Kier alpha value is -1.53. The van der Waals surface area contributed by atoms with E-state index in [1.165, 1.54) is 0 Å². The second kappa shape index (κ2) is 6.58. The van der Waals surface area contributed by atoms with Gasteiger partial charge in [0.2, 0.25) is 5.28 Å². The fraction of sp³-hybridized carbons (Fsp3) is 0.500. The summed E-state index contributed by atoms with van der Waals surface area (Å²) >= 11 is 5.85. The SMILES string of the molecule is CC(C)OCCCNc1nc(Cl)nc2nccnc12. The predicted molar refractivity (Wildman–Crippen MR) is 74.3 cm³/mol. The third-order valence-corrected chi connectivity index (χ3v) is 2.54. The molecule has 102 valence electrons. The summed E-state index contributed by atoms with van der Waals surface area (Å²) in [5.41, 5.74) is 1.11. The van der Waals surface area contributed by atoms with Crippen molar-refractivity contribution in [2.75, 3.05) is 18.5 Å². The Balaban J connectivity index is 2.00. The largest absolute Gasteiger partial charge is 0.379 e. The van der Waals surface area contributed by atoms with Gasteiger partial charge in [0, 0.05) is 25.5 Å². The summed E-state index contributed by atoms with van der Waals surface area (Å²) in [5, 5.41) is 3.35. The summed E-state index contributed by atoms with van der Waals surface area (Å²) in [7, 11) is 0. The van der Waals surface area contributed by atoms with Crippen molar-refractivity contribution < 1.29 is 4.74 Å². The monoisotopic (exact) mass is 281 g/mol. The highest BCUT2D eigenvalue weighted by Gasteiger charge is 2.07. The summed E-state index contributed by atoms with van der Waals surface area (Å²) in [6.07, 6.45) is 4.31. The van der Waals surface area contributed by atoms with Crippen LogP contribution in [0.5, 0.6) is 0 Å². The number of ether oxygens (including phenoxy) is 1. The van der Waals surface area contributed by atoms with Crippen molar-refractivity contribution >= 4 is 28.6 Å². The van der Waals surface area contributed by atoms with Gasteiger partial charge in [0.05, 0.1) is 6.10 Å². The van der Waals surface area contributed by atoms with E-state index in [1.54, 1.807) is 12.4 Å². The van der Waals surface area contributed by atoms with E-state index in [4.69, 9.17) is 16.3 Å². The molecular weight excluding hydrogens is 266 g/mol. The van der Waals surface area contributed by atoms with Gasteiger partial charge in [0.1, 0.15) is 0 Å². The van der Waals surface area contributed by atoms with Crippen molar-refractivity contribution in [1.29, 1.82) is 0 Å². The van der Waals surface area contributed by atoms with Gasteiger partial charge < -0.3 is 10.1 Å². The minimum atomic E-state index is 0.161. The summed E-state index contributed by atoms with van der Waals surface area (Å²) in [5.74, 6) is 0.604. The minimum absolute atomic E-state index is 0.161. The number of halogens is 1. The van der Waals surface area contributed by atoms with Gasteiger partial charge in [0.25, 0.3) is 0 Å². The zero-order chi connectivity index (χ0) is 13.7. The van der Waals surface area contributed by atoms with Crippen molar-refractivity contribution in [1.82, 2.24) is 19.9 Å². The second-order valence-corrected chi connectivity index (χ2v) is 4.61. The van der Waals surface area contributed by atoms with Crippen LogP contribution in [0.1, 0.15) is 20.3 Å². The molecule has 0 spiro atoms. The molecule has 0 amide bonds. The maximum Gasteiger partial charge on any atom is 0.226 e. The molecule has 2 heterocycles. The lowest BCUT2D eigenvalue weighted by Crippen LogP contribution is -2.11. The van der Waals surface area contributed by atoms with Gasteiger partial charge in [-0.15, -0.1) is 0 Å². The molecule has 2 aromatic heterocycles. The molecule has 0 atom stereocenters. The maximum absolute atomic E-state index is 5.85. The van der Waals surface area contributed by atoms with Gasteiger partial charge in [-0.3, -0.25) is 0 Å². The van der Waals surface area contributed by atoms with E-state index in [9.17, 15) is 0 Å². The van der Waals surface area contributed by atoms with E-state index >= 15 is 0 Å². The van der Waals surface area contributed by atoms with Crippen LogP contribution in [0.2, 0.25) is 5.28 Å². The van der Waals surface area contributed by atoms with Gasteiger partial charge in [-0.2, -0.15) is 9.97 Å². The number of nitrogens with one attached hydrogen (secondary N) is 1. The lowest BCUT2D eigenvalue weighted by atomic mass is 10.4. The third kappa shape index (κ3) is 3.97. The van der Waals surface area contributed by atoms with Gasteiger partial charge in [0.15, 0.2) is 17.0 Å². The fourth-order valence-electron chi connectivity index (χ4n) is 1.56. The highest BCUT2D eigenvalue weighted by Crippen LogP contribution is 2.17. The van der Waals surface area contributed by atoms with E-state index in [0.29, 0.717) is 23.6 Å². The molecule has 0 bridgehead atoms. The molecular formula is C12H16ClN5O. The standard InChI is InChI=1S/C12H16ClN5O/c1-8(2)19-7-3-4-15-10-9-11(16-6-5-14-9)18-12(13)17-10/h5-6,8H,3-4,7H2,1-2H3,(H,15,16,17,18). The van der Waals surface area contributed by atoms with E-state index in [0.717, 1.165) is 13.0 Å². The molecule has 6 nitrogen and oxygen atoms in total. The van der Waals surface area contributed by atoms with Gasteiger partial charge in [-0.05, 0) is 31.9 Å². The van der Waals surface area contributed by atoms with E-state index in [1.807, 2.05) is 13.8 Å². The van der Waals surface area contributed by atoms with Crippen LogP contribution in [0, 0.1) is 0 Å². The summed E-state index contributed by atoms with van der Waals surface area (Å²) in [6.45, 7) is 5.46. The number of nitrogens with zero attached hydrogens (tertiary/aromatic N) is 4. The Morgan fingerprint density at radius 3 is 2.84 bits per heavy atom. The molecule has 1 N–H and O–H groups in total. The fourth-order valence-corrected chi connectivity index (χ4v) is 1.72. The number of rotatable bonds is 6. The molecule has 0 saturated carbocycles. The number of anilines is 1. The van der Waals surface area contributed by atoms with E-state index in [2.05, 4.69) is 25.3 Å². The predicted octanol–water partition coefficient (Wildman–Crippen LogP) is 2.30. The summed E-state index contributed by atoms with van der Waals surface area (Å²) in [4.78, 5) is 16.5. The molecule has 0 radical (unpaired) electrons. The first-order valence-electron chi connectivity index (χ1n) is 6.16. The Kier molecular flexibility index (Phi) is 4.81. The summed E-state index contributed by atoms with van der Waals surface area (Å²) < 4.78 is 5.46. The molecule has 2 aromatic rings. The molecule has 0 unspecified atom stereocenters. The molecule has 19 heavy (non-hydrogen) atoms.